The zero-order chi connectivity index (χ0) is 19.5. The number of ether oxygens (including phenoxy) is 1. The number of para-hydroxylation sites is 2. The molecule has 0 aliphatic carbocycles. The maximum absolute atomic E-state index is 13.2. The maximum Gasteiger partial charge on any atom is 0.269 e. The first-order valence-electron chi connectivity index (χ1n) is 8.98. The number of amides is 1. The quantitative estimate of drug-likeness (QED) is 0.630. The van der Waals surface area contributed by atoms with E-state index in [1.807, 2.05) is 42.5 Å². The van der Waals surface area contributed by atoms with Gasteiger partial charge in [-0.3, -0.25) is 9.69 Å². The van der Waals surface area contributed by atoms with Crippen molar-refractivity contribution in [1.29, 1.82) is 5.26 Å². The van der Waals surface area contributed by atoms with Crippen molar-refractivity contribution >= 4 is 28.9 Å². The first-order valence-corrected chi connectivity index (χ1v) is 9.36. The third-order valence-corrected chi connectivity index (χ3v) is 5.09. The lowest BCUT2D eigenvalue weighted by Gasteiger charge is -2.25. The van der Waals surface area contributed by atoms with E-state index in [-0.39, 0.29) is 12.5 Å². The maximum atomic E-state index is 13.2. The largest absolute Gasteiger partial charge is 0.482 e. The summed E-state index contributed by atoms with van der Waals surface area (Å²) in [5.41, 5.74) is 4.46. The molecule has 4 rings (SSSR count). The number of halogens is 1. The molecule has 0 aromatic heterocycles. The molecular formula is C23H17ClN2O2. The molecule has 0 unspecified atom stereocenters. The molecule has 0 fully saturated rings. The van der Waals surface area contributed by atoms with Gasteiger partial charge in [0, 0.05) is 0 Å². The lowest BCUT2D eigenvalue weighted by molar-refractivity contribution is -0.119. The van der Waals surface area contributed by atoms with Gasteiger partial charge in [0.1, 0.15) is 5.75 Å². The molecule has 1 aliphatic heterocycles. The number of carbonyl (C=O) groups is 1. The molecule has 28 heavy (non-hydrogen) atoms. The first-order chi connectivity index (χ1) is 13.7. The number of fused-ring (bicyclic) bond motifs is 2. The molecule has 0 atom stereocenters. The molecule has 0 saturated carbocycles. The van der Waals surface area contributed by atoms with E-state index in [1.165, 1.54) is 6.07 Å². The zero-order valence-corrected chi connectivity index (χ0v) is 15.8. The van der Waals surface area contributed by atoms with Gasteiger partial charge in [-0.05, 0) is 54.3 Å². The highest BCUT2D eigenvalue weighted by molar-refractivity contribution is 6.32. The molecule has 1 amide bonds. The zero-order valence-electron chi connectivity index (χ0n) is 15.1. The van der Waals surface area contributed by atoms with E-state index in [0.29, 0.717) is 16.3 Å². The smallest absolute Gasteiger partial charge is 0.269 e. The standard InChI is InChI=1S/C23H17ClN2O2/c24-19-13-16(14-25)9-12-22(19)28-15-23(27)26-20-7-3-1-5-17(20)10-11-18-6-2-4-8-21(18)26/h1-9,12-13H,10-11,15H2. The van der Waals surface area contributed by atoms with E-state index in [1.54, 1.807) is 17.0 Å². The van der Waals surface area contributed by atoms with Gasteiger partial charge >= 0.3 is 0 Å². The predicted molar refractivity (Wildman–Crippen MR) is 109 cm³/mol. The molecule has 0 N–H and O–H groups in total. The Balaban J connectivity index is 1.65. The molecule has 5 heteroatoms. The average Bonchev–Trinajstić information content (AvgIpc) is 2.89. The summed E-state index contributed by atoms with van der Waals surface area (Å²) in [6, 6.07) is 22.7. The SMILES string of the molecule is N#Cc1ccc(OCC(=O)N2c3ccccc3CCc3ccccc32)c(Cl)c1. The molecule has 3 aromatic carbocycles. The van der Waals surface area contributed by atoms with Gasteiger partial charge in [-0.25, -0.2) is 0 Å². The van der Waals surface area contributed by atoms with Gasteiger partial charge in [0.05, 0.1) is 28.0 Å². The fourth-order valence-electron chi connectivity index (χ4n) is 3.44. The Hall–Kier alpha value is -3.29. The lowest BCUT2D eigenvalue weighted by Crippen LogP contribution is -2.31. The van der Waals surface area contributed by atoms with Crippen molar-refractivity contribution in [2.24, 2.45) is 0 Å². The highest BCUT2D eigenvalue weighted by atomic mass is 35.5. The number of anilines is 2. The Morgan fingerprint density at radius 2 is 1.61 bits per heavy atom. The summed E-state index contributed by atoms with van der Waals surface area (Å²) in [4.78, 5) is 14.9. The monoisotopic (exact) mass is 388 g/mol. The Bertz CT molecular complexity index is 1040. The number of hydrogen-bond donors (Lipinski definition) is 0. The second-order valence-corrected chi connectivity index (χ2v) is 6.94. The van der Waals surface area contributed by atoms with Crippen LogP contribution in [-0.2, 0) is 17.6 Å². The van der Waals surface area contributed by atoms with Crippen molar-refractivity contribution in [2.45, 2.75) is 12.8 Å². The molecule has 4 nitrogen and oxygen atoms in total. The second kappa shape index (κ2) is 7.75. The minimum Gasteiger partial charge on any atom is -0.482 e. The van der Waals surface area contributed by atoms with Gasteiger partial charge in [-0.1, -0.05) is 48.0 Å². The van der Waals surface area contributed by atoms with Crippen molar-refractivity contribution in [3.05, 3.63) is 88.4 Å². The fourth-order valence-corrected chi connectivity index (χ4v) is 3.68. The van der Waals surface area contributed by atoms with Gasteiger partial charge in [0.15, 0.2) is 6.61 Å². The summed E-state index contributed by atoms with van der Waals surface area (Å²) < 4.78 is 5.69. The molecule has 1 aliphatic rings. The lowest BCUT2D eigenvalue weighted by atomic mass is 10.0. The second-order valence-electron chi connectivity index (χ2n) is 6.53. The van der Waals surface area contributed by atoms with Crippen LogP contribution in [0.15, 0.2) is 66.7 Å². The number of nitriles is 1. The van der Waals surface area contributed by atoms with E-state index in [2.05, 4.69) is 12.1 Å². The van der Waals surface area contributed by atoms with Crippen molar-refractivity contribution in [3.8, 4) is 11.8 Å². The first kappa shape index (κ1) is 18.1. The summed E-state index contributed by atoms with van der Waals surface area (Å²) in [6.07, 6.45) is 1.75. The van der Waals surface area contributed by atoms with Gasteiger partial charge in [0.25, 0.3) is 5.91 Å². The predicted octanol–water partition coefficient (Wildman–Crippen LogP) is 5.05. The number of benzene rings is 3. The highest BCUT2D eigenvalue weighted by Crippen LogP contribution is 2.36. The summed E-state index contributed by atoms with van der Waals surface area (Å²) in [7, 11) is 0. The number of rotatable bonds is 3. The van der Waals surface area contributed by atoms with Crippen molar-refractivity contribution < 1.29 is 9.53 Å². The molecule has 3 aromatic rings. The third kappa shape index (κ3) is 3.45. The minimum atomic E-state index is -0.178. The van der Waals surface area contributed by atoms with Crippen LogP contribution in [0.5, 0.6) is 5.75 Å². The van der Waals surface area contributed by atoms with Crippen LogP contribution in [0.1, 0.15) is 16.7 Å². The fraction of sp³-hybridized carbons (Fsp3) is 0.130. The van der Waals surface area contributed by atoms with Gasteiger partial charge in [-0.15, -0.1) is 0 Å². The topological polar surface area (TPSA) is 53.3 Å². The van der Waals surface area contributed by atoms with E-state index < -0.39 is 0 Å². The molecule has 1 heterocycles. The van der Waals surface area contributed by atoms with Crippen molar-refractivity contribution in [3.63, 3.8) is 0 Å². The average molecular weight is 389 g/mol. The third-order valence-electron chi connectivity index (χ3n) is 4.79. The molecular weight excluding hydrogens is 372 g/mol. The number of nitrogens with zero attached hydrogens (tertiary/aromatic N) is 2. The highest BCUT2D eigenvalue weighted by Gasteiger charge is 2.25. The summed E-state index contributed by atoms with van der Waals surface area (Å²) in [5, 5.41) is 9.25. The normalized spacial score (nSPS) is 12.4. The molecule has 0 radical (unpaired) electrons. The van der Waals surface area contributed by atoms with Crippen LogP contribution in [0.2, 0.25) is 5.02 Å². The Morgan fingerprint density at radius 3 is 2.18 bits per heavy atom. The number of aryl methyl sites for hydroxylation is 2. The van der Waals surface area contributed by atoms with Crippen molar-refractivity contribution in [1.82, 2.24) is 0 Å². The summed E-state index contributed by atoms with van der Waals surface area (Å²) in [5.74, 6) is 0.202. The molecule has 0 saturated heterocycles. The van der Waals surface area contributed by atoms with Gasteiger partial charge in [0.2, 0.25) is 0 Å². The molecule has 0 bridgehead atoms. The van der Waals surface area contributed by atoms with Crippen LogP contribution in [-0.4, -0.2) is 12.5 Å². The summed E-state index contributed by atoms with van der Waals surface area (Å²) >= 11 is 6.16. The number of carbonyl (C=O) groups excluding carboxylic acids is 1. The van der Waals surface area contributed by atoms with Crippen molar-refractivity contribution in [2.75, 3.05) is 11.5 Å². The number of hydrogen-bond acceptors (Lipinski definition) is 3. The van der Waals surface area contributed by atoms with Crippen LogP contribution in [0.25, 0.3) is 0 Å². The van der Waals surface area contributed by atoms with Gasteiger partial charge in [-0.2, -0.15) is 5.26 Å². The summed E-state index contributed by atoms with van der Waals surface area (Å²) in [6.45, 7) is -0.158. The van der Waals surface area contributed by atoms with E-state index >= 15 is 0 Å². The van der Waals surface area contributed by atoms with E-state index in [4.69, 9.17) is 21.6 Å². The molecule has 138 valence electrons. The van der Waals surface area contributed by atoms with Crippen LogP contribution in [0, 0.1) is 11.3 Å². The van der Waals surface area contributed by atoms with E-state index in [9.17, 15) is 4.79 Å². The van der Waals surface area contributed by atoms with Crippen LogP contribution >= 0.6 is 11.6 Å². The van der Waals surface area contributed by atoms with Crippen LogP contribution < -0.4 is 9.64 Å². The van der Waals surface area contributed by atoms with Gasteiger partial charge < -0.3 is 4.74 Å². The Morgan fingerprint density at radius 1 is 1.00 bits per heavy atom. The Kier molecular flexibility index (Phi) is 5.01. The minimum absolute atomic E-state index is 0.158. The Labute approximate surface area is 168 Å². The van der Waals surface area contributed by atoms with E-state index in [0.717, 1.165) is 35.3 Å². The van der Waals surface area contributed by atoms with Crippen LogP contribution in [0.4, 0.5) is 11.4 Å². The molecule has 0 spiro atoms. The van der Waals surface area contributed by atoms with Crippen LogP contribution in [0.3, 0.4) is 0 Å².